The summed E-state index contributed by atoms with van der Waals surface area (Å²) < 4.78 is 63.2. The Labute approximate surface area is 455 Å². The molecule has 0 bridgehead atoms. The lowest BCUT2D eigenvalue weighted by Crippen LogP contribution is -2.44. The SMILES string of the molecule is COc1cc(P(C)(C)=O)ccc1Nc1ncc(Cl)c(Nc2ccc(N3CCN(C)CC3)cc2S(=O)(=O)C(C)C)n1.COc1cc2c(cc1Nc1ncc(Cl)c(Nc3ccccc3P(C)(C)=O)n1)N(C(=O)CN(C)C)CC2. The van der Waals surface area contributed by atoms with Crippen LogP contribution in [0.4, 0.5) is 57.7 Å². The second-order valence-corrected chi connectivity index (χ2v) is 29.4. The van der Waals surface area contributed by atoms with Crippen molar-refractivity contribution in [2.24, 2.45) is 0 Å². The minimum atomic E-state index is -3.64. The minimum Gasteiger partial charge on any atom is -0.495 e. The quantitative estimate of drug-likeness (QED) is 0.0626. The summed E-state index contributed by atoms with van der Waals surface area (Å²) in [5.74, 6) is 2.26. The lowest BCUT2D eigenvalue weighted by molar-refractivity contribution is -0.119. The molecule has 0 radical (unpaired) electrons. The number of carbonyl (C=O) groups excluding carboxylic acids is 1. The van der Waals surface area contributed by atoms with Crippen molar-refractivity contribution in [3.8, 4) is 11.5 Å². The smallest absolute Gasteiger partial charge is 0.241 e. The fraction of sp³-hybridized carbons (Fsp3) is 0.365. The van der Waals surface area contributed by atoms with E-state index >= 15 is 0 Å². The number of fused-ring (bicyclic) bond motifs is 1. The summed E-state index contributed by atoms with van der Waals surface area (Å²) in [6.07, 6.45) is 3.68. The van der Waals surface area contributed by atoms with Gasteiger partial charge < -0.3 is 59.5 Å². The van der Waals surface area contributed by atoms with E-state index in [0.29, 0.717) is 68.8 Å². The standard InChI is InChI=1S/C27H36ClN6O4PS.C25H30ClN6O3P/c1-18(2)40(36,37)25-15-19(34-13-11-33(3)12-14-34)7-9-23(25)30-26-21(28)17-29-27(32-26)31-22-10-8-20(39(5,6)35)16-24(22)38-4;1-31(2)15-23(33)32-11-10-16-12-21(35-3)19(13-20(16)32)29-25-27-14-17(26)24(30-25)28-18-8-6-7-9-22(18)36(4,5)34/h7-10,15-18H,11-14H2,1-6H3,(H2,29,30,31,32);6-9,12-14H,10-11,15H2,1-5H3,(H2,27,28,29,30). The second kappa shape index (κ2) is 24.1. The van der Waals surface area contributed by atoms with Crippen LogP contribution < -0.4 is 51.1 Å². The summed E-state index contributed by atoms with van der Waals surface area (Å²) in [6, 6.07) is 21.8. The highest BCUT2D eigenvalue weighted by molar-refractivity contribution is 7.92. The highest BCUT2D eigenvalue weighted by Crippen LogP contribution is 2.42. The molecular weight excluding hydrogens is 1070 g/mol. The Morgan fingerprint density at radius 1 is 0.724 bits per heavy atom. The first-order valence-electron chi connectivity index (χ1n) is 24.3. The van der Waals surface area contributed by atoms with Gasteiger partial charge in [0.1, 0.15) is 35.8 Å². The Kier molecular flexibility index (Phi) is 18.3. The number of aromatic nitrogens is 4. The number of nitrogens with one attached hydrogen (secondary N) is 4. The molecule has 19 nitrogen and oxygen atoms in total. The number of para-hydroxylation sites is 1. The van der Waals surface area contributed by atoms with Crippen LogP contribution in [0.3, 0.4) is 0 Å². The molecule has 2 aliphatic rings. The summed E-state index contributed by atoms with van der Waals surface area (Å²) in [6.45, 7) is 14.5. The predicted molar refractivity (Wildman–Crippen MR) is 311 cm³/mol. The number of methoxy groups -OCH3 is 2. The third-order valence-corrected chi connectivity index (χ3v) is 18.4. The van der Waals surface area contributed by atoms with E-state index in [1.54, 1.807) is 82.8 Å². The lowest BCUT2D eigenvalue weighted by atomic mass is 10.1. The maximum absolute atomic E-state index is 13.4. The first-order chi connectivity index (χ1) is 35.9. The zero-order valence-electron chi connectivity index (χ0n) is 44.6. The molecule has 1 amide bonds. The molecule has 0 unspecified atom stereocenters. The third-order valence-electron chi connectivity index (χ3n) is 12.6. The van der Waals surface area contributed by atoms with Crippen molar-refractivity contribution in [3.63, 3.8) is 0 Å². The fourth-order valence-electron chi connectivity index (χ4n) is 8.35. The van der Waals surface area contributed by atoms with Gasteiger partial charge in [0.2, 0.25) is 17.8 Å². The zero-order valence-corrected chi connectivity index (χ0v) is 48.7. The number of likely N-dealkylation sites (N-methyl/N-ethyl adjacent to an activating group) is 2. The molecule has 1 fully saturated rings. The van der Waals surface area contributed by atoms with Crippen LogP contribution in [-0.4, -0.2) is 151 Å². The summed E-state index contributed by atoms with van der Waals surface area (Å²) >= 11 is 12.8. The molecule has 0 aliphatic carbocycles. The predicted octanol–water partition coefficient (Wildman–Crippen LogP) is 9.13. The van der Waals surface area contributed by atoms with Crippen LogP contribution in [0.15, 0.2) is 90.1 Å². The van der Waals surface area contributed by atoms with Crippen molar-refractivity contribution < 1.29 is 31.8 Å². The van der Waals surface area contributed by atoms with Crippen LogP contribution in [0.5, 0.6) is 11.5 Å². The normalized spacial score (nSPS) is 14.0. The number of anilines is 10. The number of amides is 1. The van der Waals surface area contributed by atoms with Gasteiger partial charge in [0.25, 0.3) is 0 Å². The Morgan fingerprint density at radius 2 is 1.30 bits per heavy atom. The summed E-state index contributed by atoms with van der Waals surface area (Å²) in [5, 5.41) is 14.0. The van der Waals surface area contributed by atoms with Crippen LogP contribution in [-0.2, 0) is 30.2 Å². The summed E-state index contributed by atoms with van der Waals surface area (Å²) in [5.41, 5.74) is 4.99. The number of sulfone groups is 1. The highest BCUT2D eigenvalue weighted by Gasteiger charge is 2.29. The van der Waals surface area contributed by atoms with E-state index in [1.807, 2.05) is 61.5 Å². The molecule has 76 heavy (non-hydrogen) atoms. The van der Waals surface area contributed by atoms with Crippen LogP contribution in [0.2, 0.25) is 10.0 Å². The molecule has 4 N–H and O–H groups in total. The average molecular weight is 1140 g/mol. The Morgan fingerprint density at radius 3 is 1.88 bits per heavy atom. The zero-order chi connectivity index (χ0) is 55.3. The summed E-state index contributed by atoms with van der Waals surface area (Å²) in [4.78, 5) is 38.7. The van der Waals surface area contributed by atoms with Gasteiger partial charge >= 0.3 is 0 Å². The van der Waals surface area contributed by atoms with Gasteiger partial charge in [-0.1, -0.05) is 35.3 Å². The number of ether oxygens (including phenoxy) is 2. The molecule has 0 spiro atoms. The molecule has 0 saturated carbocycles. The lowest BCUT2D eigenvalue weighted by Gasteiger charge is -2.34. The molecular formula is C52H66Cl2N12O7P2S. The van der Waals surface area contributed by atoms with E-state index in [4.69, 9.17) is 32.7 Å². The molecule has 1 saturated heterocycles. The maximum Gasteiger partial charge on any atom is 0.241 e. The summed E-state index contributed by atoms with van der Waals surface area (Å²) in [7, 11) is 0.297. The Bertz CT molecular complexity index is 3320. The van der Waals surface area contributed by atoms with Crippen LogP contribution >= 0.6 is 37.5 Å². The molecule has 4 aromatic carbocycles. The molecule has 406 valence electrons. The first kappa shape index (κ1) is 57.7. The van der Waals surface area contributed by atoms with E-state index in [2.05, 4.69) is 58.1 Å². The van der Waals surface area contributed by atoms with Gasteiger partial charge in [-0.05, 0) is 134 Å². The van der Waals surface area contributed by atoms with E-state index in [0.717, 1.165) is 49.5 Å². The average Bonchev–Trinajstić information content (AvgIpc) is 3.79. The van der Waals surface area contributed by atoms with Gasteiger partial charge in [0.05, 0.1) is 66.1 Å². The molecule has 0 atom stereocenters. The van der Waals surface area contributed by atoms with Crippen LogP contribution in [0.25, 0.3) is 0 Å². The molecule has 2 aromatic heterocycles. The minimum absolute atomic E-state index is 0.0342. The van der Waals surface area contributed by atoms with Gasteiger partial charge in [-0.3, -0.25) is 4.79 Å². The van der Waals surface area contributed by atoms with Gasteiger partial charge in [-0.15, -0.1) is 0 Å². The van der Waals surface area contributed by atoms with Crippen molar-refractivity contribution in [1.82, 2.24) is 29.7 Å². The Hall–Kier alpha value is -5.98. The Balaban J connectivity index is 0.000000222. The number of halogens is 2. The first-order valence-corrected chi connectivity index (χ1v) is 31.9. The fourth-order valence-corrected chi connectivity index (χ4v) is 11.9. The number of nitrogens with zero attached hydrogens (tertiary/aromatic N) is 8. The van der Waals surface area contributed by atoms with Crippen molar-refractivity contribution in [3.05, 3.63) is 101 Å². The van der Waals surface area contributed by atoms with Crippen molar-refractivity contribution in [1.29, 1.82) is 0 Å². The maximum atomic E-state index is 13.4. The number of hydrogen-bond acceptors (Lipinski definition) is 18. The van der Waals surface area contributed by atoms with E-state index in [1.165, 1.54) is 19.5 Å². The second-order valence-electron chi connectivity index (χ2n) is 19.7. The molecule has 4 heterocycles. The number of hydrogen-bond donors (Lipinski definition) is 4. The van der Waals surface area contributed by atoms with Crippen molar-refractivity contribution >= 4 is 121 Å². The molecule has 2 aliphatic heterocycles. The van der Waals surface area contributed by atoms with Gasteiger partial charge in [0, 0.05) is 54.7 Å². The van der Waals surface area contributed by atoms with E-state index in [9.17, 15) is 22.3 Å². The monoisotopic (exact) mass is 1130 g/mol. The van der Waals surface area contributed by atoms with Gasteiger partial charge in [-0.25, -0.2) is 18.4 Å². The number of benzene rings is 4. The van der Waals surface area contributed by atoms with E-state index in [-0.39, 0.29) is 33.5 Å². The van der Waals surface area contributed by atoms with Crippen molar-refractivity contribution in [2.75, 3.05) is 132 Å². The van der Waals surface area contributed by atoms with Gasteiger partial charge in [0.15, 0.2) is 21.5 Å². The molecule has 24 heteroatoms. The highest BCUT2D eigenvalue weighted by atomic mass is 35.5. The number of piperazine rings is 1. The van der Waals surface area contributed by atoms with Gasteiger partial charge in [-0.2, -0.15) is 9.97 Å². The topological polar surface area (TPSA) is 216 Å². The number of carbonyl (C=O) groups is 1. The molecule has 8 rings (SSSR count). The largest absolute Gasteiger partial charge is 0.495 e. The molecule has 6 aromatic rings. The van der Waals surface area contributed by atoms with E-state index < -0.39 is 29.4 Å². The van der Waals surface area contributed by atoms with Crippen LogP contribution in [0.1, 0.15) is 19.4 Å². The van der Waals surface area contributed by atoms with Crippen molar-refractivity contribution in [2.45, 2.75) is 30.4 Å². The number of rotatable bonds is 17. The van der Waals surface area contributed by atoms with Crippen LogP contribution in [0, 0.1) is 0 Å². The third kappa shape index (κ3) is 13.9.